The zero-order chi connectivity index (χ0) is 16.6. The summed E-state index contributed by atoms with van der Waals surface area (Å²) in [7, 11) is 0. The topological polar surface area (TPSA) is 60.9 Å². The molecule has 0 saturated carbocycles. The van der Waals surface area contributed by atoms with Gasteiger partial charge >= 0.3 is 0 Å². The monoisotopic (exact) mass is 334 g/mol. The van der Waals surface area contributed by atoms with Crippen LogP contribution in [0.25, 0.3) is 0 Å². The molecule has 1 saturated heterocycles. The zero-order valence-corrected chi connectivity index (χ0v) is 12.6. The number of hydrogen-bond acceptors (Lipinski definition) is 4. The summed E-state index contributed by atoms with van der Waals surface area (Å²) in [5, 5.41) is 11.5. The molecular formula is C16H12ClFN2O3. The summed E-state index contributed by atoms with van der Waals surface area (Å²) < 4.78 is 13.0. The lowest BCUT2D eigenvalue weighted by molar-refractivity contribution is -0.121. The number of anilines is 2. The van der Waals surface area contributed by atoms with Gasteiger partial charge < -0.3 is 0 Å². The summed E-state index contributed by atoms with van der Waals surface area (Å²) in [4.78, 5) is 25.5. The molecule has 7 heteroatoms. The Bertz CT molecular complexity index is 749. The Kier molecular flexibility index (Phi) is 4.02. The summed E-state index contributed by atoms with van der Waals surface area (Å²) in [5.74, 6) is -1.49. The van der Waals surface area contributed by atoms with Gasteiger partial charge in [0.15, 0.2) is 0 Å². The molecule has 5 nitrogen and oxygen atoms in total. The van der Waals surface area contributed by atoms with E-state index in [1.54, 1.807) is 24.3 Å². The van der Waals surface area contributed by atoms with Crippen molar-refractivity contribution in [1.29, 1.82) is 0 Å². The lowest BCUT2D eigenvalue weighted by atomic mass is 10.2. The Hall–Kier alpha value is -2.44. The second-order valence-corrected chi connectivity index (χ2v) is 5.52. The largest absolute Gasteiger partial charge is 0.288 e. The van der Waals surface area contributed by atoms with E-state index in [0.29, 0.717) is 10.7 Å². The minimum Gasteiger partial charge on any atom is -0.288 e. The summed E-state index contributed by atoms with van der Waals surface area (Å²) in [6, 6.07) is 10.2. The second kappa shape index (κ2) is 5.98. The Labute approximate surface area is 136 Å². The molecule has 1 aliphatic heterocycles. The molecule has 0 aromatic heterocycles. The van der Waals surface area contributed by atoms with Crippen LogP contribution in [0, 0.1) is 5.82 Å². The standard InChI is InChI=1S/C16H12ClFN2O3/c17-10-1-5-13(6-2-10)20(23)14-9-15(21)19(16(14)22)12-7-3-11(18)4-8-12/h1-8,14,23H,9H2. The van der Waals surface area contributed by atoms with Gasteiger partial charge in [0, 0.05) is 5.02 Å². The van der Waals surface area contributed by atoms with Crippen molar-refractivity contribution < 1.29 is 19.2 Å². The number of imide groups is 1. The molecule has 0 spiro atoms. The molecule has 23 heavy (non-hydrogen) atoms. The quantitative estimate of drug-likeness (QED) is 0.692. The summed E-state index contributed by atoms with van der Waals surface area (Å²) in [5.41, 5.74) is 0.620. The van der Waals surface area contributed by atoms with Gasteiger partial charge in [-0.15, -0.1) is 0 Å². The maximum absolute atomic E-state index is 13.0. The lowest BCUT2D eigenvalue weighted by Gasteiger charge is -2.22. The molecule has 2 aromatic rings. The van der Waals surface area contributed by atoms with Crippen molar-refractivity contribution in [1.82, 2.24) is 0 Å². The Morgan fingerprint density at radius 2 is 1.70 bits per heavy atom. The number of carbonyl (C=O) groups excluding carboxylic acids is 2. The summed E-state index contributed by atoms with van der Waals surface area (Å²) in [6.07, 6.45) is -0.171. The molecule has 1 N–H and O–H groups in total. The molecule has 0 bridgehead atoms. The fourth-order valence-corrected chi connectivity index (χ4v) is 2.57. The predicted octanol–water partition coefficient (Wildman–Crippen LogP) is 3.01. The van der Waals surface area contributed by atoms with Crippen molar-refractivity contribution >= 4 is 34.8 Å². The normalized spacial score (nSPS) is 17.7. The van der Waals surface area contributed by atoms with Gasteiger partial charge in [-0.25, -0.2) is 14.4 Å². The number of rotatable bonds is 3. The molecule has 1 heterocycles. The highest BCUT2D eigenvalue weighted by Gasteiger charge is 2.43. The first-order valence-corrected chi connectivity index (χ1v) is 7.21. The van der Waals surface area contributed by atoms with Crippen molar-refractivity contribution in [3.8, 4) is 0 Å². The SMILES string of the molecule is O=C1CC(N(O)c2ccc(Cl)cc2)C(=O)N1c1ccc(F)cc1. The number of amides is 2. The molecule has 1 aliphatic rings. The first-order chi connectivity index (χ1) is 11.0. The van der Waals surface area contributed by atoms with Gasteiger partial charge in [-0.3, -0.25) is 14.8 Å². The van der Waals surface area contributed by atoms with E-state index < -0.39 is 23.7 Å². The van der Waals surface area contributed by atoms with Gasteiger partial charge in [-0.05, 0) is 48.5 Å². The van der Waals surface area contributed by atoms with Crippen LogP contribution >= 0.6 is 11.6 Å². The van der Waals surface area contributed by atoms with Crippen molar-refractivity contribution in [3.05, 3.63) is 59.4 Å². The molecule has 0 radical (unpaired) electrons. The molecule has 118 valence electrons. The average Bonchev–Trinajstić information content (AvgIpc) is 2.83. The van der Waals surface area contributed by atoms with Crippen LogP contribution in [-0.2, 0) is 9.59 Å². The third-order valence-electron chi connectivity index (χ3n) is 3.59. The molecule has 0 aliphatic carbocycles. The van der Waals surface area contributed by atoms with E-state index in [2.05, 4.69) is 0 Å². The zero-order valence-electron chi connectivity index (χ0n) is 11.8. The first kappa shape index (κ1) is 15.5. The average molecular weight is 335 g/mol. The second-order valence-electron chi connectivity index (χ2n) is 5.08. The van der Waals surface area contributed by atoms with Crippen LogP contribution in [0.4, 0.5) is 15.8 Å². The number of benzene rings is 2. The Morgan fingerprint density at radius 1 is 1.09 bits per heavy atom. The van der Waals surface area contributed by atoms with Crippen LogP contribution in [0.5, 0.6) is 0 Å². The maximum Gasteiger partial charge on any atom is 0.259 e. The van der Waals surface area contributed by atoms with Crippen LogP contribution in [-0.4, -0.2) is 23.1 Å². The highest BCUT2D eigenvalue weighted by Crippen LogP contribution is 2.28. The summed E-state index contributed by atoms with van der Waals surface area (Å²) in [6.45, 7) is 0. The summed E-state index contributed by atoms with van der Waals surface area (Å²) >= 11 is 5.78. The van der Waals surface area contributed by atoms with Crippen molar-refractivity contribution in [2.75, 3.05) is 9.96 Å². The number of hydroxylamine groups is 1. The molecule has 1 atom stereocenters. The van der Waals surface area contributed by atoms with Crippen LogP contribution in [0.2, 0.25) is 5.02 Å². The maximum atomic E-state index is 13.0. The van der Waals surface area contributed by atoms with E-state index in [4.69, 9.17) is 11.6 Å². The fraction of sp³-hybridized carbons (Fsp3) is 0.125. The van der Waals surface area contributed by atoms with Gasteiger partial charge in [0.1, 0.15) is 11.9 Å². The molecule has 3 rings (SSSR count). The molecule has 2 amide bonds. The minimum absolute atomic E-state index is 0.171. The van der Waals surface area contributed by atoms with Crippen LogP contribution in [0.15, 0.2) is 48.5 Å². The van der Waals surface area contributed by atoms with Gasteiger partial charge in [0.2, 0.25) is 5.91 Å². The fourth-order valence-electron chi connectivity index (χ4n) is 2.44. The van der Waals surface area contributed by atoms with Gasteiger partial charge in [-0.2, -0.15) is 0 Å². The number of nitrogens with zero attached hydrogens (tertiary/aromatic N) is 2. The smallest absolute Gasteiger partial charge is 0.259 e. The van der Waals surface area contributed by atoms with Crippen molar-refractivity contribution in [2.45, 2.75) is 12.5 Å². The van der Waals surface area contributed by atoms with E-state index in [0.717, 1.165) is 9.96 Å². The molecule has 1 unspecified atom stereocenters. The van der Waals surface area contributed by atoms with Crippen LogP contribution in [0.3, 0.4) is 0 Å². The van der Waals surface area contributed by atoms with Crippen molar-refractivity contribution in [2.24, 2.45) is 0 Å². The lowest BCUT2D eigenvalue weighted by Crippen LogP contribution is -2.40. The minimum atomic E-state index is -1.03. The first-order valence-electron chi connectivity index (χ1n) is 6.83. The third-order valence-corrected chi connectivity index (χ3v) is 3.85. The van der Waals surface area contributed by atoms with Gasteiger partial charge in [0.05, 0.1) is 17.8 Å². The Morgan fingerprint density at radius 3 is 2.30 bits per heavy atom. The third kappa shape index (κ3) is 2.91. The van der Waals surface area contributed by atoms with Gasteiger partial charge in [0.25, 0.3) is 5.91 Å². The van der Waals surface area contributed by atoms with E-state index in [9.17, 15) is 19.2 Å². The number of halogens is 2. The number of hydrogen-bond donors (Lipinski definition) is 1. The predicted molar refractivity (Wildman–Crippen MR) is 83.0 cm³/mol. The van der Waals surface area contributed by atoms with E-state index in [1.165, 1.54) is 24.3 Å². The van der Waals surface area contributed by atoms with E-state index >= 15 is 0 Å². The highest BCUT2D eigenvalue weighted by atomic mass is 35.5. The Balaban J connectivity index is 1.85. The van der Waals surface area contributed by atoms with Crippen molar-refractivity contribution in [3.63, 3.8) is 0 Å². The highest BCUT2D eigenvalue weighted by molar-refractivity contribution is 6.30. The van der Waals surface area contributed by atoms with E-state index in [-0.39, 0.29) is 12.1 Å². The van der Waals surface area contributed by atoms with E-state index in [1.807, 2.05) is 0 Å². The molecule has 1 fully saturated rings. The van der Waals surface area contributed by atoms with Crippen LogP contribution < -0.4 is 9.96 Å². The molecule has 2 aromatic carbocycles. The van der Waals surface area contributed by atoms with Gasteiger partial charge in [-0.1, -0.05) is 11.6 Å². The molecular weight excluding hydrogens is 323 g/mol. The van der Waals surface area contributed by atoms with Crippen LogP contribution in [0.1, 0.15) is 6.42 Å². The number of carbonyl (C=O) groups is 2.